The van der Waals surface area contributed by atoms with Crippen LogP contribution in [-0.2, 0) is 28.7 Å². The zero-order valence-corrected chi connectivity index (χ0v) is 26.2. The zero-order chi connectivity index (χ0) is 32.1. The Balaban J connectivity index is 1.52. The lowest BCUT2D eigenvalue weighted by atomic mass is 9.97. The lowest BCUT2D eigenvalue weighted by Gasteiger charge is -2.33. The fraction of sp³-hybridized carbons (Fsp3) is 0.344. The quantitative estimate of drug-likeness (QED) is 0.236. The minimum atomic E-state index is -4.53. The molecule has 0 aliphatic carbocycles. The van der Waals surface area contributed by atoms with Gasteiger partial charge in [-0.05, 0) is 74.3 Å². The van der Waals surface area contributed by atoms with Crippen LogP contribution < -0.4 is 16.0 Å². The molecule has 12 heteroatoms. The van der Waals surface area contributed by atoms with Crippen molar-refractivity contribution in [1.29, 1.82) is 0 Å². The van der Waals surface area contributed by atoms with Gasteiger partial charge in [-0.3, -0.25) is 9.59 Å². The monoisotopic (exact) mass is 644 g/mol. The molecule has 0 saturated carbocycles. The number of benzene rings is 3. The second kappa shape index (κ2) is 14.0. The number of anilines is 1. The predicted octanol–water partition coefficient (Wildman–Crippen LogP) is 5.27. The van der Waals surface area contributed by atoms with Gasteiger partial charge in [0.15, 0.2) is 11.2 Å². The molecule has 0 radical (unpaired) electrons. The number of amides is 2. The van der Waals surface area contributed by atoms with E-state index < -0.39 is 40.6 Å². The highest BCUT2D eigenvalue weighted by Gasteiger charge is 2.49. The second-order valence-corrected chi connectivity index (χ2v) is 13.2. The molecule has 1 heterocycles. The van der Waals surface area contributed by atoms with Crippen molar-refractivity contribution >= 4 is 46.6 Å². The second-order valence-electron chi connectivity index (χ2n) is 11.1. The van der Waals surface area contributed by atoms with Gasteiger partial charge in [0.25, 0.3) is 5.91 Å². The Morgan fingerprint density at radius 2 is 1.75 bits per heavy atom. The van der Waals surface area contributed by atoms with Crippen LogP contribution in [0.1, 0.15) is 36.1 Å². The Morgan fingerprint density at radius 3 is 2.43 bits per heavy atom. The van der Waals surface area contributed by atoms with Gasteiger partial charge in [0.05, 0.1) is 17.5 Å². The fourth-order valence-electron chi connectivity index (χ4n) is 5.06. The molecule has 234 valence electrons. The van der Waals surface area contributed by atoms with E-state index in [1.165, 1.54) is 28.8 Å². The first kappa shape index (κ1) is 33.3. The predicted molar refractivity (Wildman–Crippen MR) is 171 cm³/mol. The Kier molecular flexibility index (Phi) is 10.6. The maximum atomic E-state index is 13.9. The van der Waals surface area contributed by atoms with Crippen LogP contribution in [0.25, 0.3) is 0 Å². The van der Waals surface area contributed by atoms with Crippen molar-refractivity contribution in [3.8, 4) is 0 Å². The standard InChI is InChI=1S/C32H35F3N4O3S2/c1-20-10-7-8-13-22(20)18-36-28(41)27-31(2,3)44-19-39(27)29(42)26(40)25(16-21-11-5-4-6-12-21)38-30(43)37-24-15-9-14-23(17-24)32(33,34)35/h4-15,17,25-27,40H,16,18-19H2,1-3H3,(H,36,41)(H2,37,38,43). The number of rotatable bonds is 9. The Labute approximate surface area is 264 Å². The Morgan fingerprint density at radius 1 is 1.07 bits per heavy atom. The average molecular weight is 645 g/mol. The van der Waals surface area contributed by atoms with Crippen molar-refractivity contribution in [3.63, 3.8) is 0 Å². The van der Waals surface area contributed by atoms with E-state index in [2.05, 4.69) is 16.0 Å². The Bertz CT molecular complexity index is 1490. The highest BCUT2D eigenvalue weighted by atomic mass is 32.2. The highest BCUT2D eigenvalue weighted by Crippen LogP contribution is 2.40. The third-order valence-electron chi connectivity index (χ3n) is 7.49. The van der Waals surface area contributed by atoms with E-state index in [1.54, 1.807) is 0 Å². The van der Waals surface area contributed by atoms with Crippen molar-refractivity contribution < 1.29 is 27.9 Å². The van der Waals surface area contributed by atoms with Gasteiger partial charge in [0, 0.05) is 17.0 Å². The van der Waals surface area contributed by atoms with Gasteiger partial charge in [-0.25, -0.2) is 0 Å². The van der Waals surface area contributed by atoms with E-state index in [4.69, 9.17) is 12.2 Å². The molecule has 3 aromatic rings. The molecule has 3 aromatic carbocycles. The van der Waals surface area contributed by atoms with Crippen molar-refractivity contribution in [2.75, 3.05) is 11.2 Å². The summed E-state index contributed by atoms with van der Waals surface area (Å²) >= 11 is 6.82. The van der Waals surface area contributed by atoms with Gasteiger partial charge in [-0.2, -0.15) is 13.2 Å². The molecular weight excluding hydrogens is 610 g/mol. The summed E-state index contributed by atoms with van der Waals surface area (Å²) < 4.78 is 39.0. The van der Waals surface area contributed by atoms with Crippen LogP contribution >= 0.6 is 24.0 Å². The Hall–Kier alpha value is -3.61. The zero-order valence-electron chi connectivity index (χ0n) is 24.5. The molecule has 2 amide bonds. The van der Waals surface area contributed by atoms with E-state index in [0.29, 0.717) is 6.54 Å². The number of aliphatic hydroxyl groups excluding tert-OH is 1. The lowest BCUT2D eigenvalue weighted by molar-refractivity contribution is -0.147. The van der Waals surface area contributed by atoms with E-state index in [9.17, 15) is 27.9 Å². The number of thioether (sulfide) groups is 1. The van der Waals surface area contributed by atoms with Gasteiger partial charge >= 0.3 is 6.18 Å². The molecule has 4 rings (SSSR count). The smallest absolute Gasteiger partial charge is 0.381 e. The SMILES string of the molecule is Cc1ccccc1CNC(=O)C1N(C(=O)C(O)C(Cc2ccccc2)NC(=S)Nc2cccc(C(F)(F)F)c2)CSC1(C)C. The van der Waals surface area contributed by atoms with Crippen LogP contribution in [0.2, 0.25) is 0 Å². The number of nitrogens with zero attached hydrogens (tertiary/aromatic N) is 1. The number of thiocarbonyl (C=S) groups is 1. The van der Waals surface area contributed by atoms with Crippen LogP contribution in [0.5, 0.6) is 0 Å². The summed E-state index contributed by atoms with van der Waals surface area (Å²) in [5, 5.41) is 20.0. The number of aryl methyl sites for hydroxylation is 1. The fourth-order valence-corrected chi connectivity index (χ4v) is 6.47. The highest BCUT2D eigenvalue weighted by molar-refractivity contribution is 8.00. The van der Waals surface area contributed by atoms with E-state index in [-0.39, 0.29) is 29.0 Å². The summed E-state index contributed by atoms with van der Waals surface area (Å²) in [6, 6.07) is 19.5. The van der Waals surface area contributed by atoms with Crippen LogP contribution in [0.4, 0.5) is 18.9 Å². The van der Waals surface area contributed by atoms with Crippen molar-refractivity contribution in [2.24, 2.45) is 0 Å². The van der Waals surface area contributed by atoms with Crippen LogP contribution in [-0.4, -0.2) is 55.7 Å². The molecule has 44 heavy (non-hydrogen) atoms. The first-order valence-electron chi connectivity index (χ1n) is 14.0. The molecule has 1 aliphatic heterocycles. The number of hydrogen-bond acceptors (Lipinski definition) is 5. The largest absolute Gasteiger partial charge is 0.416 e. The normalized spacial score (nSPS) is 17.4. The average Bonchev–Trinajstić information content (AvgIpc) is 3.30. The number of hydrogen-bond donors (Lipinski definition) is 4. The molecule has 4 N–H and O–H groups in total. The van der Waals surface area contributed by atoms with Gasteiger partial charge in [0.2, 0.25) is 5.91 Å². The van der Waals surface area contributed by atoms with Crippen molar-refractivity contribution in [3.05, 3.63) is 101 Å². The number of alkyl halides is 3. The van der Waals surface area contributed by atoms with Crippen molar-refractivity contribution in [2.45, 2.75) is 62.8 Å². The topological polar surface area (TPSA) is 93.7 Å². The number of nitrogens with one attached hydrogen (secondary N) is 3. The molecule has 1 saturated heterocycles. The van der Waals surface area contributed by atoms with Crippen LogP contribution in [0.3, 0.4) is 0 Å². The molecule has 3 unspecified atom stereocenters. The number of halogens is 3. The summed E-state index contributed by atoms with van der Waals surface area (Å²) in [5.74, 6) is -0.802. The van der Waals surface area contributed by atoms with E-state index in [1.807, 2.05) is 75.4 Å². The van der Waals surface area contributed by atoms with Crippen molar-refractivity contribution in [1.82, 2.24) is 15.5 Å². The summed E-state index contributed by atoms with van der Waals surface area (Å²) in [4.78, 5) is 28.7. The third-order valence-corrected chi connectivity index (χ3v) is 9.08. The molecule has 0 aromatic heterocycles. The summed E-state index contributed by atoms with van der Waals surface area (Å²) in [7, 11) is 0. The van der Waals surface area contributed by atoms with Gasteiger partial charge in [-0.15, -0.1) is 11.8 Å². The maximum Gasteiger partial charge on any atom is 0.416 e. The molecule has 0 bridgehead atoms. The molecule has 0 spiro atoms. The van der Waals surface area contributed by atoms with Crippen LogP contribution in [0.15, 0.2) is 78.9 Å². The summed E-state index contributed by atoms with van der Waals surface area (Å²) in [6.45, 7) is 6.00. The van der Waals surface area contributed by atoms with Crippen LogP contribution in [0, 0.1) is 6.92 Å². The number of carbonyl (C=O) groups excluding carboxylic acids is 2. The van der Waals surface area contributed by atoms with E-state index >= 15 is 0 Å². The molecular formula is C32H35F3N4O3S2. The summed E-state index contributed by atoms with van der Waals surface area (Å²) in [5.41, 5.74) is 2.03. The first-order valence-corrected chi connectivity index (χ1v) is 15.4. The number of carbonyl (C=O) groups is 2. The minimum absolute atomic E-state index is 0.0687. The summed E-state index contributed by atoms with van der Waals surface area (Å²) in [6.07, 6.45) is -5.99. The molecule has 3 atom stereocenters. The van der Waals surface area contributed by atoms with Gasteiger partial charge < -0.3 is 26.0 Å². The van der Waals surface area contributed by atoms with E-state index in [0.717, 1.165) is 28.8 Å². The molecule has 1 aliphatic rings. The number of aliphatic hydroxyl groups is 1. The van der Waals surface area contributed by atoms with Gasteiger partial charge in [-0.1, -0.05) is 60.7 Å². The minimum Gasteiger partial charge on any atom is -0.381 e. The lowest BCUT2D eigenvalue weighted by Crippen LogP contribution is -2.59. The maximum absolute atomic E-state index is 13.9. The first-order chi connectivity index (χ1) is 20.8. The molecule has 7 nitrogen and oxygen atoms in total. The molecule has 1 fully saturated rings. The third kappa shape index (κ3) is 8.30. The van der Waals surface area contributed by atoms with Gasteiger partial charge in [0.1, 0.15) is 6.04 Å².